The highest BCUT2D eigenvalue weighted by Crippen LogP contribution is 1.98. The van der Waals surface area contributed by atoms with Crippen molar-refractivity contribution in [1.82, 2.24) is 0 Å². The Labute approximate surface area is 92.4 Å². The minimum atomic E-state index is -1.02. The lowest BCUT2D eigenvalue weighted by Gasteiger charge is -2.08. The molecule has 0 aromatic rings. The molecule has 0 saturated heterocycles. The number of aliphatic hydroxyl groups is 1. The van der Waals surface area contributed by atoms with Crippen molar-refractivity contribution in [2.75, 3.05) is 13.2 Å². The maximum atomic E-state index is 11.1. The maximum Gasteiger partial charge on any atom is 0.339 e. The Morgan fingerprint density at radius 1 is 1.38 bits per heavy atom. The van der Waals surface area contributed by atoms with Crippen LogP contribution < -0.4 is 17.2 Å². The number of nitrogens with zero attached hydrogens (tertiary/aromatic N) is 1. The summed E-state index contributed by atoms with van der Waals surface area (Å²) in [5, 5.41) is 8.33. The molecule has 0 bridgehead atoms. The largest absolute Gasteiger partial charge is 0.390 e. The molecule has 16 heavy (non-hydrogen) atoms. The molecular weight excluding hydrogens is 216 g/mol. The standard InChI is InChI=1S/C8H16N4O4/c9-5(2-1-3-12-8(10)11)7(15)16-6(14)4-13/h5,13H,1-4,9H2,(H4,10,11,12)/t5-/m0/s1. The molecule has 0 aliphatic carbocycles. The van der Waals surface area contributed by atoms with Gasteiger partial charge in [-0.2, -0.15) is 0 Å². The zero-order valence-electron chi connectivity index (χ0n) is 8.76. The van der Waals surface area contributed by atoms with Gasteiger partial charge in [-0.1, -0.05) is 0 Å². The van der Waals surface area contributed by atoms with Crippen molar-refractivity contribution < 1.29 is 19.4 Å². The van der Waals surface area contributed by atoms with Gasteiger partial charge in [-0.15, -0.1) is 0 Å². The summed E-state index contributed by atoms with van der Waals surface area (Å²) in [6.07, 6.45) is 0.774. The van der Waals surface area contributed by atoms with Crippen molar-refractivity contribution in [2.24, 2.45) is 22.2 Å². The fourth-order valence-electron chi connectivity index (χ4n) is 0.857. The number of hydrogen-bond donors (Lipinski definition) is 4. The van der Waals surface area contributed by atoms with Crippen LogP contribution in [0.25, 0.3) is 0 Å². The summed E-state index contributed by atoms with van der Waals surface area (Å²) in [4.78, 5) is 25.3. The van der Waals surface area contributed by atoms with Crippen molar-refractivity contribution in [1.29, 1.82) is 0 Å². The highest BCUT2D eigenvalue weighted by atomic mass is 16.6. The molecule has 1 atom stereocenters. The number of carbonyl (C=O) groups is 2. The van der Waals surface area contributed by atoms with E-state index in [0.29, 0.717) is 13.0 Å². The van der Waals surface area contributed by atoms with Crippen LogP contribution in [-0.4, -0.2) is 42.2 Å². The minimum absolute atomic E-state index is 0.0355. The summed E-state index contributed by atoms with van der Waals surface area (Å²) >= 11 is 0. The third-order valence-electron chi connectivity index (χ3n) is 1.61. The Kier molecular flexibility index (Phi) is 6.81. The number of hydrogen-bond acceptors (Lipinski definition) is 6. The van der Waals surface area contributed by atoms with Gasteiger partial charge in [0, 0.05) is 6.54 Å². The highest BCUT2D eigenvalue weighted by molar-refractivity contribution is 5.88. The summed E-state index contributed by atoms with van der Waals surface area (Å²) in [7, 11) is 0. The van der Waals surface area contributed by atoms with Crippen molar-refractivity contribution in [3.05, 3.63) is 0 Å². The van der Waals surface area contributed by atoms with Crippen molar-refractivity contribution in [3.8, 4) is 0 Å². The van der Waals surface area contributed by atoms with Gasteiger partial charge in [-0.25, -0.2) is 9.59 Å². The average molecular weight is 232 g/mol. The Morgan fingerprint density at radius 3 is 2.50 bits per heavy atom. The number of aliphatic hydroxyl groups excluding tert-OH is 1. The second kappa shape index (κ2) is 7.60. The molecule has 8 heteroatoms. The fourth-order valence-corrected chi connectivity index (χ4v) is 0.857. The van der Waals surface area contributed by atoms with Crippen LogP contribution in [0.15, 0.2) is 4.99 Å². The van der Waals surface area contributed by atoms with Crippen molar-refractivity contribution in [3.63, 3.8) is 0 Å². The molecule has 0 radical (unpaired) electrons. The summed E-state index contributed by atoms with van der Waals surface area (Å²) in [5.74, 6) is -1.93. The molecule has 8 nitrogen and oxygen atoms in total. The first kappa shape index (κ1) is 14.3. The second-order valence-electron chi connectivity index (χ2n) is 3.01. The molecule has 0 spiro atoms. The number of aliphatic imine (C=N–C) groups is 1. The van der Waals surface area contributed by atoms with Crippen LogP contribution in [0.3, 0.4) is 0 Å². The summed E-state index contributed by atoms with van der Waals surface area (Å²) in [6.45, 7) is -0.510. The predicted molar refractivity (Wildman–Crippen MR) is 56.1 cm³/mol. The van der Waals surface area contributed by atoms with E-state index in [2.05, 4.69) is 9.73 Å². The monoisotopic (exact) mass is 232 g/mol. The first-order chi connectivity index (χ1) is 7.47. The van der Waals surface area contributed by atoms with Gasteiger partial charge in [0.2, 0.25) is 0 Å². The fraction of sp³-hybridized carbons (Fsp3) is 0.625. The van der Waals surface area contributed by atoms with Crippen LogP contribution >= 0.6 is 0 Å². The van der Waals surface area contributed by atoms with Gasteiger partial charge in [0.1, 0.15) is 12.6 Å². The quantitative estimate of drug-likeness (QED) is 0.129. The van der Waals surface area contributed by atoms with Gasteiger partial charge in [-0.05, 0) is 12.8 Å². The SMILES string of the molecule is NC(N)=NCCC[C@H](N)C(=O)OC(=O)CO. The molecule has 7 N–H and O–H groups in total. The normalized spacial score (nSPS) is 11.6. The lowest BCUT2D eigenvalue weighted by atomic mass is 10.2. The van der Waals surface area contributed by atoms with Crippen LogP contribution in [0.5, 0.6) is 0 Å². The summed E-state index contributed by atoms with van der Waals surface area (Å²) in [5.41, 5.74) is 15.6. The van der Waals surface area contributed by atoms with Gasteiger partial charge in [0.25, 0.3) is 0 Å². The zero-order valence-corrected chi connectivity index (χ0v) is 8.76. The highest BCUT2D eigenvalue weighted by Gasteiger charge is 2.17. The molecule has 0 aliphatic rings. The van der Waals surface area contributed by atoms with E-state index in [1.165, 1.54) is 0 Å². The van der Waals surface area contributed by atoms with E-state index < -0.39 is 24.6 Å². The Balaban J connectivity index is 3.79. The number of guanidine groups is 1. The lowest BCUT2D eigenvalue weighted by Crippen LogP contribution is -2.34. The molecule has 0 amide bonds. The van der Waals surface area contributed by atoms with E-state index in [1.807, 2.05) is 0 Å². The molecule has 0 rings (SSSR count). The van der Waals surface area contributed by atoms with E-state index in [0.717, 1.165) is 0 Å². The molecule has 0 saturated carbocycles. The molecule has 0 heterocycles. The maximum absolute atomic E-state index is 11.1. The summed E-state index contributed by atoms with van der Waals surface area (Å²) < 4.78 is 4.20. The summed E-state index contributed by atoms with van der Waals surface area (Å²) in [6, 6.07) is -0.926. The van der Waals surface area contributed by atoms with Crippen molar-refractivity contribution >= 4 is 17.9 Å². The number of carbonyl (C=O) groups excluding carboxylic acids is 2. The van der Waals surface area contributed by atoms with E-state index in [9.17, 15) is 9.59 Å². The Morgan fingerprint density at radius 2 is 2.00 bits per heavy atom. The molecule has 0 unspecified atom stereocenters. The smallest absolute Gasteiger partial charge is 0.339 e. The third-order valence-corrected chi connectivity index (χ3v) is 1.61. The van der Waals surface area contributed by atoms with Gasteiger partial charge < -0.3 is 27.0 Å². The van der Waals surface area contributed by atoms with E-state index in [-0.39, 0.29) is 12.4 Å². The molecule has 0 fully saturated rings. The number of nitrogens with two attached hydrogens (primary N) is 3. The topological polar surface area (TPSA) is 154 Å². The molecule has 0 aromatic carbocycles. The number of esters is 2. The van der Waals surface area contributed by atoms with E-state index in [4.69, 9.17) is 22.3 Å². The Bertz CT molecular complexity index is 275. The van der Waals surface area contributed by atoms with Gasteiger partial charge in [0.15, 0.2) is 5.96 Å². The zero-order chi connectivity index (χ0) is 12.6. The van der Waals surface area contributed by atoms with Gasteiger partial charge >= 0.3 is 11.9 Å². The van der Waals surface area contributed by atoms with Crippen LogP contribution in [0, 0.1) is 0 Å². The molecule has 92 valence electrons. The van der Waals surface area contributed by atoms with Crippen LogP contribution in [0.4, 0.5) is 0 Å². The van der Waals surface area contributed by atoms with Gasteiger partial charge in [0.05, 0.1) is 0 Å². The van der Waals surface area contributed by atoms with Crippen LogP contribution in [0.2, 0.25) is 0 Å². The first-order valence-electron chi connectivity index (χ1n) is 4.63. The second-order valence-corrected chi connectivity index (χ2v) is 3.01. The van der Waals surface area contributed by atoms with E-state index >= 15 is 0 Å². The lowest BCUT2D eigenvalue weighted by molar-refractivity contribution is -0.162. The average Bonchev–Trinajstić information content (AvgIpc) is 2.23. The minimum Gasteiger partial charge on any atom is -0.390 e. The number of ether oxygens (including phenoxy) is 1. The molecule has 0 aliphatic heterocycles. The van der Waals surface area contributed by atoms with Crippen LogP contribution in [0.1, 0.15) is 12.8 Å². The third kappa shape index (κ3) is 6.74. The van der Waals surface area contributed by atoms with Gasteiger partial charge in [-0.3, -0.25) is 4.99 Å². The Hall–Kier alpha value is -1.67. The predicted octanol–water partition coefficient (Wildman–Crippen LogP) is -2.57. The van der Waals surface area contributed by atoms with Crippen molar-refractivity contribution in [2.45, 2.75) is 18.9 Å². The van der Waals surface area contributed by atoms with E-state index in [1.54, 1.807) is 0 Å². The molecule has 0 aromatic heterocycles. The number of rotatable bonds is 6. The first-order valence-corrected chi connectivity index (χ1v) is 4.63. The molecular formula is C8H16N4O4. The van der Waals surface area contributed by atoms with Crippen LogP contribution in [-0.2, 0) is 14.3 Å².